The highest BCUT2D eigenvalue weighted by molar-refractivity contribution is 5.89. The molecule has 0 unspecified atom stereocenters. The maximum absolute atomic E-state index is 12.2. The molecule has 0 aliphatic carbocycles. The summed E-state index contributed by atoms with van der Waals surface area (Å²) in [6, 6.07) is 7.43. The maximum atomic E-state index is 12.2. The van der Waals surface area contributed by atoms with Crippen LogP contribution in [0.25, 0.3) is 0 Å². The van der Waals surface area contributed by atoms with Crippen LogP contribution in [0, 0.1) is 11.8 Å². The fourth-order valence-corrected chi connectivity index (χ4v) is 2.92. The Morgan fingerprint density at radius 2 is 2.11 bits per heavy atom. The molecule has 5 heteroatoms. The highest BCUT2D eigenvalue weighted by atomic mass is 16.5. The third-order valence-electron chi connectivity index (χ3n) is 4.00. The Labute approximate surface area is 112 Å². The van der Waals surface area contributed by atoms with Gasteiger partial charge in [0.05, 0.1) is 7.11 Å². The molecule has 19 heavy (non-hydrogen) atoms. The Bertz CT molecular complexity index is 466. The molecule has 5 nitrogen and oxygen atoms in total. The third kappa shape index (κ3) is 2.51. The number of anilines is 1. The van der Waals surface area contributed by atoms with E-state index in [9.17, 15) is 4.79 Å². The van der Waals surface area contributed by atoms with Crippen molar-refractivity contribution in [3.05, 3.63) is 24.3 Å². The van der Waals surface area contributed by atoms with Crippen LogP contribution in [0.2, 0.25) is 0 Å². The molecule has 1 aromatic rings. The number of hydrogen-bond donors (Lipinski definition) is 2. The van der Waals surface area contributed by atoms with Crippen molar-refractivity contribution in [1.29, 1.82) is 0 Å². The van der Waals surface area contributed by atoms with Crippen molar-refractivity contribution >= 4 is 11.7 Å². The molecule has 2 aliphatic heterocycles. The molecule has 3 rings (SSSR count). The van der Waals surface area contributed by atoms with Gasteiger partial charge in [-0.05, 0) is 24.0 Å². The molecule has 2 heterocycles. The van der Waals surface area contributed by atoms with Crippen molar-refractivity contribution in [1.82, 2.24) is 10.2 Å². The van der Waals surface area contributed by atoms with Gasteiger partial charge in [-0.1, -0.05) is 6.07 Å². The van der Waals surface area contributed by atoms with Crippen LogP contribution in [0.1, 0.15) is 0 Å². The van der Waals surface area contributed by atoms with Gasteiger partial charge in [-0.3, -0.25) is 0 Å². The zero-order valence-corrected chi connectivity index (χ0v) is 11.1. The van der Waals surface area contributed by atoms with Crippen molar-refractivity contribution < 1.29 is 9.53 Å². The summed E-state index contributed by atoms with van der Waals surface area (Å²) < 4.78 is 5.15. The number of rotatable bonds is 2. The first-order chi connectivity index (χ1) is 9.26. The number of carbonyl (C=O) groups is 1. The summed E-state index contributed by atoms with van der Waals surface area (Å²) in [4.78, 5) is 14.1. The number of likely N-dealkylation sites (tertiary alicyclic amines) is 1. The van der Waals surface area contributed by atoms with Crippen molar-refractivity contribution in [3.63, 3.8) is 0 Å². The molecule has 2 saturated heterocycles. The average Bonchev–Trinajstić information content (AvgIpc) is 2.99. The van der Waals surface area contributed by atoms with E-state index in [-0.39, 0.29) is 6.03 Å². The Balaban J connectivity index is 1.62. The molecule has 1 aromatic carbocycles. The lowest BCUT2D eigenvalue weighted by molar-refractivity contribution is 0.219. The summed E-state index contributed by atoms with van der Waals surface area (Å²) in [7, 11) is 1.62. The van der Waals surface area contributed by atoms with Gasteiger partial charge in [0.1, 0.15) is 5.75 Å². The number of urea groups is 1. The molecule has 2 N–H and O–H groups in total. The molecular weight excluding hydrogens is 242 g/mol. The topological polar surface area (TPSA) is 53.6 Å². The summed E-state index contributed by atoms with van der Waals surface area (Å²) >= 11 is 0. The highest BCUT2D eigenvalue weighted by Gasteiger charge is 2.38. The zero-order chi connectivity index (χ0) is 13.2. The SMILES string of the molecule is COc1cccc(NC(=O)N2C[C@H]3CNC[C@H]3C2)c1. The van der Waals surface area contributed by atoms with Gasteiger partial charge in [0, 0.05) is 37.9 Å². The number of fused-ring (bicyclic) bond motifs is 1. The summed E-state index contributed by atoms with van der Waals surface area (Å²) in [6.07, 6.45) is 0. The second-order valence-electron chi connectivity index (χ2n) is 5.25. The number of ether oxygens (including phenoxy) is 1. The van der Waals surface area contributed by atoms with Gasteiger partial charge in [0.2, 0.25) is 0 Å². The van der Waals surface area contributed by atoms with Crippen LogP contribution in [0.4, 0.5) is 10.5 Å². The van der Waals surface area contributed by atoms with E-state index in [4.69, 9.17) is 4.74 Å². The van der Waals surface area contributed by atoms with Crippen molar-refractivity contribution in [2.45, 2.75) is 0 Å². The summed E-state index contributed by atoms with van der Waals surface area (Å²) in [5.41, 5.74) is 0.777. The fraction of sp³-hybridized carbons (Fsp3) is 0.500. The van der Waals surface area contributed by atoms with E-state index in [0.29, 0.717) is 11.8 Å². The standard InChI is InChI=1S/C14H19N3O2/c1-19-13-4-2-3-12(5-13)16-14(18)17-8-10-6-15-7-11(10)9-17/h2-5,10-11,15H,6-9H2,1H3,(H,16,18)/t10-,11+. The lowest BCUT2D eigenvalue weighted by atomic mass is 10.0. The summed E-state index contributed by atoms with van der Waals surface area (Å²) in [5.74, 6) is 1.99. The quantitative estimate of drug-likeness (QED) is 0.845. The van der Waals surface area contributed by atoms with Crippen LogP contribution in [-0.4, -0.2) is 44.2 Å². The number of methoxy groups -OCH3 is 1. The zero-order valence-electron chi connectivity index (χ0n) is 11.1. The molecule has 2 fully saturated rings. The number of benzene rings is 1. The van der Waals surface area contributed by atoms with Gasteiger partial charge < -0.3 is 20.3 Å². The summed E-state index contributed by atoms with van der Waals surface area (Å²) in [6.45, 7) is 3.78. The van der Waals surface area contributed by atoms with E-state index in [0.717, 1.165) is 37.6 Å². The maximum Gasteiger partial charge on any atom is 0.321 e. The average molecular weight is 261 g/mol. The Morgan fingerprint density at radius 3 is 2.79 bits per heavy atom. The number of hydrogen-bond acceptors (Lipinski definition) is 3. The third-order valence-corrected chi connectivity index (χ3v) is 4.00. The molecule has 2 atom stereocenters. The van der Waals surface area contributed by atoms with Crippen molar-refractivity contribution in [3.8, 4) is 5.75 Å². The van der Waals surface area contributed by atoms with Gasteiger partial charge in [0.25, 0.3) is 0 Å². The van der Waals surface area contributed by atoms with E-state index in [1.807, 2.05) is 29.2 Å². The van der Waals surface area contributed by atoms with Crippen LogP contribution in [0.5, 0.6) is 5.75 Å². The number of carbonyl (C=O) groups excluding carboxylic acids is 1. The minimum atomic E-state index is -0.0114. The largest absolute Gasteiger partial charge is 0.497 e. The first-order valence-electron chi connectivity index (χ1n) is 6.67. The Kier molecular flexibility index (Phi) is 3.29. The van der Waals surface area contributed by atoms with E-state index >= 15 is 0 Å². The monoisotopic (exact) mass is 261 g/mol. The second-order valence-corrected chi connectivity index (χ2v) is 5.25. The van der Waals surface area contributed by atoms with Gasteiger partial charge >= 0.3 is 6.03 Å². The van der Waals surface area contributed by atoms with Gasteiger partial charge in [-0.25, -0.2) is 4.79 Å². The van der Waals surface area contributed by atoms with Crippen molar-refractivity contribution in [2.75, 3.05) is 38.6 Å². The number of nitrogens with one attached hydrogen (secondary N) is 2. The van der Waals surface area contributed by atoms with Crippen LogP contribution < -0.4 is 15.4 Å². The number of nitrogens with zero attached hydrogens (tertiary/aromatic N) is 1. The fourth-order valence-electron chi connectivity index (χ4n) is 2.92. The van der Waals surface area contributed by atoms with Crippen LogP contribution in [0.3, 0.4) is 0 Å². The molecule has 0 aromatic heterocycles. The predicted octanol–water partition coefficient (Wildman–Crippen LogP) is 1.38. The van der Waals surface area contributed by atoms with Gasteiger partial charge in [0.15, 0.2) is 0 Å². The van der Waals surface area contributed by atoms with Crippen LogP contribution in [-0.2, 0) is 0 Å². The smallest absolute Gasteiger partial charge is 0.321 e. The molecule has 2 amide bonds. The molecule has 0 radical (unpaired) electrons. The normalized spacial score (nSPS) is 25.2. The first-order valence-corrected chi connectivity index (χ1v) is 6.67. The van der Waals surface area contributed by atoms with Crippen LogP contribution >= 0.6 is 0 Å². The van der Waals surface area contributed by atoms with Crippen molar-refractivity contribution in [2.24, 2.45) is 11.8 Å². The molecule has 2 aliphatic rings. The Morgan fingerprint density at radius 1 is 1.37 bits per heavy atom. The molecule has 0 saturated carbocycles. The van der Waals surface area contributed by atoms with Crippen LogP contribution in [0.15, 0.2) is 24.3 Å². The van der Waals surface area contributed by atoms with Gasteiger partial charge in [-0.2, -0.15) is 0 Å². The molecule has 0 bridgehead atoms. The lowest BCUT2D eigenvalue weighted by Crippen LogP contribution is -2.35. The minimum Gasteiger partial charge on any atom is -0.497 e. The molecular formula is C14H19N3O2. The molecule has 0 spiro atoms. The molecule has 102 valence electrons. The van der Waals surface area contributed by atoms with Gasteiger partial charge in [-0.15, -0.1) is 0 Å². The van der Waals surface area contributed by atoms with E-state index in [2.05, 4.69) is 10.6 Å². The second kappa shape index (κ2) is 5.09. The Hall–Kier alpha value is -1.75. The summed E-state index contributed by atoms with van der Waals surface area (Å²) in [5, 5.41) is 6.31. The predicted molar refractivity (Wildman–Crippen MR) is 73.4 cm³/mol. The minimum absolute atomic E-state index is 0.0114. The van der Waals surface area contributed by atoms with E-state index < -0.39 is 0 Å². The first kappa shape index (κ1) is 12.3. The highest BCUT2D eigenvalue weighted by Crippen LogP contribution is 2.27. The lowest BCUT2D eigenvalue weighted by Gasteiger charge is -2.18. The number of amides is 2. The van der Waals surface area contributed by atoms with E-state index in [1.165, 1.54) is 0 Å². The van der Waals surface area contributed by atoms with E-state index in [1.54, 1.807) is 7.11 Å².